The Morgan fingerprint density at radius 2 is 2.06 bits per heavy atom. The highest BCUT2D eigenvalue weighted by atomic mass is 32.2. The molecule has 1 saturated heterocycles. The summed E-state index contributed by atoms with van der Waals surface area (Å²) in [6, 6.07) is 0.149. The SMILES string of the molecule is CCCCS(=O)(=O)N[C@H]1CCN(CC2CC2)C1. The second-order valence-electron chi connectivity index (χ2n) is 5.48. The van der Waals surface area contributed by atoms with Crippen molar-refractivity contribution in [2.75, 3.05) is 25.4 Å². The number of sulfonamides is 1. The Labute approximate surface area is 105 Å². The van der Waals surface area contributed by atoms with Gasteiger partial charge < -0.3 is 4.90 Å². The summed E-state index contributed by atoms with van der Waals surface area (Å²) in [7, 11) is -3.04. The van der Waals surface area contributed by atoms with Crippen molar-refractivity contribution in [1.29, 1.82) is 0 Å². The van der Waals surface area contributed by atoms with E-state index in [2.05, 4.69) is 9.62 Å². The van der Waals surface area contributed by atoms with E-state index in [0.29, 0.717) is 0 Å². The minimum atomic E-state index is -3.04. The van der Waals surface area contributed by atoms with Gasteiger partial charge in [0.15, 0.2) is 0 Å². The van der Waals surface area contributed by atoms with Crippen molar-refractivity contribution in [2.45, 2.75) is 45.1 Å². The average molecular weight is 260 g/mol. The van der Waals surface area contributed by atoms with E-state index in [1.165, 1.54) is 19.4 Å². The number of rotatable bonds is 7. The number of hydrogen-bond donors (Lipinski definition) is 1. The first-order valence-electron chi connectivity index (χ1n) is 6.81. The summed E-state index contributed by atoms with van der Waals surface area (Å²) in [5.41, 5.74) is 0. The van der Waals surface area contributed by atoms with Crippen molar-refractivity contribution >= 4 is 10.0 Å². The van der Waals surface area contributed by atoms with Crippen LogP contribution < -0.4 is 4.72 Å². The second-order valence-corrected chi connectivity index (χ2v) is 7.35. The molecule has 1 N–H and O–H groups in total. The zero-order valence-electron chi connectivity index (χ0n) is 10.7. The number of hydrogen-bond acceptors (Lipinski definition) is 3. The molecule has 2 rings (SSSR count). The van der Waals surface area contributed by atoms with Crippen LogP contribution in [0.15, 0.2) is 0 Å². The highest BCUT2D eigenvalue weighted by Gasteiger charge is 2.30. The standard InChI is InChI=1S/C12H24N2O2S/c1-2-3-8-17(15,16)13-12-6-7-14(10-12)9-11-4-5-11/h11-13H,2-10H2,1H3/t12-/m0/s1. The van der Waals surface area contributed by atoms with Gasteiger partial charge >= 0.3 is 0 Å². The maximum Gasteiger partial charge on any atom is 0.211 e. The lowest BCUT2D eigenvalue weighted by Gasteiger charge is -2.16. The lowest BCUT2D eigenvalue weighted by molar-refractivity contribution is 0.318. The molecule has 0 bridgehead atoms. The first-order chi connectivity index (χ1) is 8.09. The van der Waals surface area contributed by atoms with E-state index in [1.54, 1.807) is 0 Å². The Bertz CT molecular complexity index is 338. The summed E-state index contributed by atoms with van der Waals surface area (Å²) in [4.78, 5) is 2.41. The fourth-order valence-corrected chi connectivity index (χ4v) is 3.89. The zero-order valence-corrected chi connectivity index (χ0v) is 11.5. The van der Waals surface area contributed by atoms with Gasteiger partial charge in [0, 0.05) is 19.1 Å². The second kappa shape index (κ2) is 5.67. The van der Waals surface area contributed by atoms with Crippen molar-refractivity contribution in [3.63, 3.8) is 0 Å². The van der Waals surface area contributed by atoms with Crippen LogP contribution in [-0.4, -0.2) is 44.7 Å². The smallest absolute Gasteiger partial charge is 0.211 e. The molecule has 4 nitrogen and oxygen atoms in total. The van der Waals surface area contributed by atoms with E-state index < -0.39 is 10.0 Å². The third kappa shape index (κ3) is 4.56. The topological polar surface area (TPSA) is 49.4 Å². The molecule has 0 unspecified atom stereocenters. The molecule has 0 aromatic carbocycles. The fraction of sp³-hybridized carbons (Fsp3) is 1.00. The maximum atomic E-state index is 11.8. The molecule has 1 heterocycles. The number of nitrogens with zero attached hydrogens (tertiary/aromatic N) is 1. The van der Waals surface area contributed by atoms with E-state index in [9.17, 15) is 8.42 Å². The van der Waals surface area contributed by atoms with Gasteiger partial charge in [-0.15, -0.1) is 0 Å². The van der Waals surface area contributed by atoms with Gasteiger partial charge in [0.05, 0.1) is 5.75 Å². The van der Waals surface area contributed by atoms with Crippen LogP contribution in [0.5, 0.6) is 0 Å². The van der Waals surface area contributed by atoms with Crippen molar-refractivity contribution < 1.29 is 8.42 Å². The fourth-order valence-electron chi connectivity index (χ4n) is 2.41. The quantitative estimate of drug-likeness (QED) is 0.748. The Morgan fingerprint density at radius 3 is 2.71 bits per heavy atom. The molecular weight excluding hydrogens is 236 g/mol. The number of unbranched alkanes of at least 4 members (excludes halogenated alkanes) is 1. The van der Waals surface area contributed by atoms with Crippen LogP contribution in [0.4, 0.5) is 0 Å². The summed E-state index contributed by atoms with van der Waals surface area (Å²) in [6.45, 7) is 5.15. The van der Waals surface area contributed by atoms with Gasteiger partial charge in [-0.2, -0.15) is 0 Å². The highest BCUT2D eigenvalue weighted by Crippen LogP contribution is 2.30. The predicted molar refractivity (Wildman–Crippen MR) is 69.4 cm³/mol. The normalized spacial score (nSPS) is 26.5. The minimum Gasteiger partial charge on any atom is -0.301 e. The molecule has 1 aliphatic heterocycles. The Hall–Kier alpha value is -0.130. The lowest BCUT2D eigenvalue weighted by Crippen LogP contribution is -2.38. The third-order valence-corrected chi connectivity index (χ3v) is 5.12. The monoisotopic (exact) mass is 260 g/mol. The molecule has 17 heavy (non-hydrogen) atoms. The molecule has 2 aliphatic rings. The Kier molecular flexibility index (Phi) is 4.44. The third-order valence-electron chi connectivity index (χ3n) is 3.60. The first kappa shape index (κ1) is 13.3. The lowest BCUT2D eigenvalue weighted by atomic mass is 10.3. The van der Waals surface area contributed by atoms with Crippen molar-refractivity contribution in [1.82, 2.24) is 9.62 Å². The van der Waals surface area contributed by atoms with E-state index in [0.717, 1.165) is 38.3 Å². The maximum absolute atomic E-state index is 11.8. The molecule has 0 aromatic rings. The van der Waals surface area contributed by atoms with Gasteiger partial charge in [-0.3, -0.25) is 0 Å². The van der Waals surface area contributed by atoms with Gasteiger partial charge in [-0.05, 0) is 38.1 Å². The van der Waals surface area contributed by atoms with Crippen LogP contribution >= 0.6 is 0 Å². The molecular formula is C12H24N2O2S. The van der Waals surface area contributed by atoms with Crippen molar-refractivity contribution in [3.8, 4) is 0 Å². The first-order valence-corrected chi connectivity index (χ1v) is 8.46. The zero-order chi connectivity index (χ0) is 12.3. The van der Waals surface area contributed by atoms with Gasteiger partial charge in [0.2, 0.25) is 10.0 Å². The molecule has 1 saturated carbocycles. The number of likely N-dealkylation sites (tertiary alicyclic amines) is 1. The van der Waals surface area contributed by atoms with E-state index in [4.69, 9.17) is 0 Å². The average Bonchev–Trinajstić information content (AvgIpc) is 2.96. The molecule has 0 spiro atoms. The molecule has 1 aliphatic carbocycles. The largest absolute Gasteiger partial charge is 0.301 e. The van der Waals surface area contributed by atoms with Crippen LogP contribution in [0.25, 0.3) is 0 Å². The summed E-state index contributed by atoms with van der Waals surface area (Å²) in [5.74, 6) is 1.17. The molecule has 0 amide bonds. The van der Waals surface area contributed by atoms with E-state index in [-0.39, 0.29) is 11.8 Å². The van der Waals surface area contributed by atoms with Crippen LogP contribution in [0, 0.1) is 5.92 Å². The van der Waals surface area contributed by atoms with Crippen molar-refractivity contribution in [3.05, 3.63) is 0 Å². The summed E-state index contributed by atoms with van der Waals surface area (Å²) < 4.78 is 26.4. The summed E-state index contributed by atoms with van der Waals surface area (Å²) >= 11 is 0. The van der Waals surface area contributed by atoms with Gasteiger partial charge in [-0.1, -0.05) is 13.3 Å². The van der Waals surface area contributed by atoms with E-state index >= 15 is 0 Å². The Balaban J connectivity index is 1.72. The van der Waals surface area contributed by atoms with Crippen LogP contribution in [0.2, 0.25) is 0 Å². The minimum absolute atomic E-state index is 0.149. The van der Waals surface area contributed by atoms with Crippen LogP contribution in [0.3, 0.4) is 0 Å². The molecule has 0 aromatic heterocycles. The number of nitrogens with one attached hydrogen (secondary N) is 1. The van der Waals surface area contributed by atoms with Gasteiger partial charge in [0.1, 0.15) is 0 Å². The Morgan fingerprint density at radius 1 is 1.29 bits per heavy atom. The highest BCUT2D eigenvalue weighted by molar-refractivity contribution is 7.89. The molecule has 5 heteroatoms. The molecule has 100 valence electrons. The van der Waals surface area contributed by atoms with E-state index in [1.807, 2.05) is 6.92 Å². The summed E-state index contributed by atoms with van der Waals surface area (Å²) in [6.07, 6.45) is 5.39. The molecule has 0 radical (unpaired) electrons. The predicted octanol–water partition coefficient (Wildman–Crippen LogP) is 1.19. The van der Waals surface area contributed by atoms with Crippen LogP contribution in [0.1, 0.15) is 39.0 Å². The van der Waals surface area contributed by atoms with Crippen molar-refractivity contribution in [2.24, 2.45) is 5.92 Å². The molecule has 2 fully saturated rings. The summed E-state index contributed by atoms with van der Waals surface area (Å²) in [5, 5.41) is 0. The van der Waals surface area contributed by atoms with Gasteiger partial charge in [-0.25, -0.2) is 13.1 Å². The van der Waals surface area contributed by atoms with Crippen LogP contribution in [-0.2, 0) is 10.0 Å². The van der Waals surface area contributed by atoms with Gasteiger partial charge in [0.25, 0.3) is 0 Å². The molecule has 1 atom stereocenters.